The second-order valence-corrected chi connectivity index (χ2v) is 5.85. The van der Waals surface area contributed by atoms with Gasteiger partial charge in [-0.15, -0.1) is 0 Å². The number of hydrogen-bond donors (Lipinski definition) is 1. The van der Waals surface area contributed by atoms with E-state index in [4.69, 9.17) is 5.73 Å². The van der Waals surface area contributed by atoms with Crippen LogP contribution in [0.4, 0.5) is 5.69 Å². The molecule has 20 heavy (non-hydrogen) atoms. The molecule has 0 aromatic heterocycles. The molecule has 0 amide bonds. The third-order valence-electron chi connectivity index (χ3n) is 4.43. The first-order valence-electron chi connectivity index (χ1n) is 7.28. The quantitative estimate of drug-likeness (QED) is 0.858. The van der Waals surface area contributed by atoms with E-state index in [2.05, 4.69) is 55.3 Å². The zero-order valence-corrected chi connectivity index (χ0v) is 12.3. The van der Waals surface area contributed by atoms with Crippen molar-refractivity contribution < 1.29 is 0 Å². The van der Waals surface area contributed by atoms with E-state index in [1.807, 2.05) is 6.07 Å². The van der Waals surface area contributed by atoms with Gasteiger partial charge in [-0.05, 0) is 61.2 Å². The van der Waals surface area contributed by atoms with Crippen LogP contribution in [0.25, 0.3) is 0 Å². The Morgan fingerprint density at radius 2 is 2.00 bits per heavy atom. The summed E-state index contributed by atoms with van der Waals surface area (Å²) in [5.74, 6) is 0. The van der Waals surface area contributed by atoms with E-state index in [0.29, 0.717) is 6.04 Å². The van der Waals surface area contributed by atoms with Crippen molar-refractivity contribution in [2.24, 2.45) is 0 Å². The van der Waals surface area contributed by atoms with Crippen molar-refractivity contribution in [3.05, 3.63) is 64.7 Å². The second kappa shape index (κ2) is 5.29. The fraction of sp³-hybridized carbons (Fsp3) is 0.333. The molecule has 2 nitrogen and oxygen atoms in total. The van der Waals surface area contributed by atoms with Crippen LogP contribution in [0.3, 0.4) is 0 Å². The Kier molecular flexibility index (Phi) is 3.49. The second-order valence-electron chi connectivity index (χ2n) is 5.85. The van der Waals surface area contributed by atoms with Crippen LogP contribution in [0.1, 0.15) is 34.7 Å². The normalized spacial score (nSPS) is 17.4. The molecule has 0 saturated carbocycles. The van der Waals surface area contributed by atoms with Crippen LogP contribution >= 0.6 is 0 Å². The average Bonchev–Trinajstić information content (AvgIpc) is 2.84. The topological polar surface area (TPSA) is 29.3 Å². The summed E-state index contributed by atoms with van der Waals surface area (Å²) in [6.45, 7) is 3.19. The minimum Gasteiger partial charge on any atom is -0.399 e. The Balaban J connectivity index is 1.80. The Labute approximate surface area is 121 Å². The predicted octanol–water partition coefficient (Wildman–Crippen LogP) is 3.70. The number of anilines is 1. The molecule has 1 unspecified atom stereocenters. The van der Waals surface area contributed by atoms with Gasteiger partial charge in [-0.1, -0.05) is 30.3 Å². The molecule has 2 aromatic rings. The maximum atomic E-state index is 5.88. The summed E-state index contributed by atoms with van der Waals surface area (Å²) in [7, 11) is 2.22. The summed E-state index contributed by atoms with van der Waals surface area (Å²) in [5, 5.41) is 0. The zero-order chi connectivity index (χ0) is 14.1. The lowest BCUT2D eigenvalue weighted by atomic mass is 10.0. The first kappa shape index (κ1) is 13.2. The lowest BCUT2D eigenvalue weighted by Gasteiger charge is -2.26. The lowest BCUT2D eigenvalue weighted by molar-refractivity contribution is 0.235. The van der Waals surface area contributed by atoms with E-state index >= 15 is 0 Å². The predicted molar refractivity (Wildman–Crippen MR) is 84.6 cm³/mol. The van der Waals surface area contributed by atoms with Crippen LogP contribution < -0.4 is 5.73 Å². The molecular weight excluding hydrogens is 244 g/mol. The molecule has 2 aromatic carbocycles. The van der Waals surface area contributed by atoms with Gasteiger partial charge in [-0.25, -0.2) is 0 Å². The van der Waals surface area contributed by atoms with E-state index < -0.39 is 0 Å². The molecule has 0 heterocycles. The van der Waals surface area contributed by atoms with Gasteiger partial charge in [0.1, 0.15) is 0 Å². The van der Waals surface area contributed by atoms with Crippen molar-refractivity contribution in [3.8, 4) is 0 Å². The summed E-state index contributed by atoms with van der Waals surface area (Å²) < 4.78 is 0. The van der Waals surface area contributed by atoms with Crippen LogP contribution in [-0.2, 0) is 13.0 Å². The maximum absolute atomic E-state index is 5.88. The van der Waals surface area contributed by atoms with E-state index in [0.717, 1.165) is 18.7 Å². The molecule has 0 radical (unpaired) electrons. The SMILES string of the molecule is Cc1ccccc1CN(C)C1CCc2cc(N)ccc21. The molecule has 1 atom stereocenters. The number of benzene rings is 2. The first-order chi connectivity index (χ1) is 9.65. The van der Waals surface area contributed by atoms with Gasteiger partial charge >= 0.3 is 0 Å². The molecule has 2 heteroatoms. The van der Waals surface area contributed by atoms with Gasteiger partial charge < -0.3 is 5.73 Å². The van der Waals surface area contributed by atoms with Crippen LogP contribution in [0.15, 0.2) is 42.5 Å². The highest BCUT2D eigenvalue weighted by Crippen LogP contribution is 2.36. The Bertz CT molecular complexity index is 619. The maximum Gasteiger partial charge on any atom is 0.0354 e. The molecule has 2 N–H and O–H groups in total. The van der Waals surface area contributed by atoms with Gasteiger partial charge in [0.25, 0.3) is 0 Å². The molecule has 0 fully saturated rings. The summed E-state index contributed by atoms with van der Waals surface area (Å²) in [6.07, 6.45) is 2.34. The molecule has 104 valence electrons. The molecule has 0 bridgehead atoms. The van der Waals surface area contributed by atoms with Crippen LogP contribution in [0, 0.1) is 6.92 Å². The monoisotopic (exact) mass is 266 g/mol. The van der Waals surface area contributed by atoms with E-state index in [1.165, 1.54) is 28.7 Å². The van der Waals surface area contributed by atoms with Crippen molar-refractivity contribution in [3.63, 3.8) is 0 Å². The fourth-order valence-corrected chi connectivity index (χ4v) is 3.24. The molecule has 0 aliphatic heterocycles. The molecule has 0 spiro atoms. The number of nitrogen functional groups attached to an aromatic ring is 1. The third-order valence-corrected chi connectivity index (χ3v) is 4.43. The Hall–Kier alpha value is -1.80. The number of fused-ring (bicyclic) bond motifs is 1. The molecule has 1 aliphatic carbocycles. The summed E-state index contributed by atoms with van der Waals surface area (Å²) in [5.41, 5.74) is 12.4. The highest BCUT2D eigenvalue weighted by atomic mass is 15.1. The highest BCUT2D eigenvalue weighted by molar-refractivity contribution is 5.47. The van der Waals surface area contributed by atoms with E-state index in [-0.39, 0.29) is 0 Å². The zero-order valence-electron chi connectivity index (χ0n) is 12.3. The molecule has 1 aliphatic rings. The van der Waals surface area contributed by atoms with Crippen LogP contribution in [-0.4, -0.2) is 11.9 Å². The van der Waals surface area contributed by atoms with E-state index in [1.54, 1.807) is 0 Å². The average molecular weight is 266 g/mol. The van der Waals surface area contributed by atoms with Crippen molar-refractivity contribution in [2.75, 3.05) is 12.8 Å². The Morgan fingerprint density at radius 1 is 1.20 bits per heavy atom. The van der Waals surface area contributed by atoms with Gasteiger partial charge in [0.15, 0.2) is 0 Å². The molecular formula is C18H22N2. The summed E-state index contributed by atoms with van der Waals surface area (Å²) in [4.78, 5) is 2.46. The number of nitrogens with two attached hydrogens (primary N) is 1. The molecule has 0 saturated heterocycles. The summed E-state index contributed by atoms with van der Waals surface area (Å²) >= 11 is 0. The fourth-order valence-electron chi connectivity index (χ4n) is 3.24. The third kappa shape index (κ3) is 2.44. The van der Waals surface area contributed by atoms with Crippen molar-refractivity contribution >= 4 is 5.69 Å². The molecule has 3 rings (SSSR count). The number of nitrogens with zero attached hydrogens (tertiary/aromatic N) is 1. The van der Waals surface area contributed by atoms with Gasteiger partial charge in [-0.3, -0.25) is 4.90 Å². The summed E-state index contributed by atoms with van der Waals surface area (Å²) in [6, 6.07) is 15.5. The van der Waals surface area contributed by atoms with Crippen LogP contribution in [0.5, 0.6) is 0 Å². The first-order valence-corrected chi connectivity index (χ1v) is 7.28. The largest absolute Gasteiger partial charge is 0.399 e. The number of hydrogen-bond acceptors (Lipinski definition) is 2. The van der Waals surface area contributed by atoms with Gasteiger partial charge in [0.05, 0.1) is 0 Å². The van der Waals surface area contributed by atoms with Crippen LogP contribution in [0.2, 0.25) is 0 Å². The lowest BCUT2D eigenvalue weighted by Crippen LogP contribution is -2.22. The number of rotatable bonds is 3. The van der Waals surface area contributed by atoms with Gasteiger partial charge in [0.2, 0.25) is 0 Å². The van der Waals surface area contributed by atoms with Crippen molar-refractivity contribution in [1.29, 1.82) is 0 Å². The highest BCUT2D eigenvalue weighted by Gasteiger charge is 2.25. The minimum atomic E-state index is 0.519. The van der Waals surface area contributed by atoms with E-state index in [9.17, 15) is 0 Å². The number of aryl methyl sites for hydroxylation is 2. The Morgan fingerprint density at radius 3 is 2.80 bits per heavy atom. The minimum absolute atomic E-state index is 0.519. The van der Waals surface area contributed by atoms with Crippen molar-refractivity contribution in [2.45, 2.75) is 32.4 Å². The van der Waals surface area contributed by atoms with Crippen molar-refractivity contribution in [1.82, 2.24) is 4.90 Å². The standard InChI is InChI=1S/C18H22N2/c1-13-5-3-4-6-15(13)12-20(2)18-10-7-14-11-16(19)8-9-17(14)18/h3-6,8-9,11,18H,7,10,12,19H2,1-2H3. The van der Waals surface area contributed by atoms with Gasteiger partial charge in [-0.2, -0.15) is 0 Å². The van der Waals surface area contributed by atoms with Gasteiger partial charge in [0, 0.05) is 18.3 Å². The smallest absolute Gasteiger partial charge is 0.0354 e.